The Balaban J connectivity index is 1.64. The van der Waals surface area contributed by atoms with Gasteiger partial charge in [-0.25, -0.2) is 5.10 Å². The van der Waals surface area contributed by atoms with Crippen LogP contribution < -0.4 is 10.9 Å². The van der Waals surface area contributed by atoms with Crippen LogP contribution in [0.3, 0.4) is 0 Å². The maximum atomic E-state index is 11.0. The highest BCUT2D eigenvalue weighted by Crippen LogP contribution is 2.01. The molecule has 0 spiro atoms. The molecule has 1 aliphatic heterocycles. The third kappa shape index (κ3) is 4.16. The Morgan fingerprint density at radius 3 is 3.06 bits per heavy atom. The molecule has 0 aromatic carbocycles. The van der Waals surface area contributed by atoms with Crippen LogP contribution in [0, 0.1) is 0 Å². The minimum atomic E-state index is -0.178. The molecular weight excluding hydrogens is 220 g/mol. The molecule has 1 aromatic heterocycles. The third-order valence-electron chi connectivity index (χ3n) is 2.75. The molecule has 0 saturated carbocycles. The summed E-state index contributed by atoms with van der Waals surface area (Å²) in [6, 6.07) is 1.52. The highest BCUT2D eigenvalue weighted by atomic mass is 16.5. The number of aromatic nitrogens is 2. The van der Waals surface area contributed by atoms with Gasteiger partial charge in [0.25, 0.3) is 5.56 Å². The van der Waals surface area contributed by atoms with E-state index in [1.807, 2.05) is 0 Å². The van der Waals surface area contributed by atoms with E-state index in [0.717, 1.165) is 51.5 Å². The third-order valence-corrected chi connectivity index (χ3v) is 2.75. The fourth-order valence-corrected chi connectivity index (χ4v) is 1.83. The summed E-state index contributed by atoms with van der Waals surface area (Å²) in [4.78, 5) is 13.4. The molecule has 0 unspecified atom stereocenters. The predicted octanol–water partition coefficient (Wildman–Crippen LogP) is -0.0959. The Kier molecular flexibility index (Phi) is 4.52. The first kappa shape index (κ1) is 12.1. The van der Waals surface area contributed by atoms with E-state index in [2.05, 4.69) is 20.4 Å². The van der Waals surface area contributed by atoms with Crippen LogP contribution in [0.1, 0.15) is 6.42 Å². The molecule has 94 valence electrons. The minimum Gasteiger partial charge on any atom is -0.384 e. The first-order chi connectivity index (χ1) is 8.34. The fourth-order valence-electron chi connectivity index (χ4n) is 1.83. The van der Waals surface area contributed by atoms with Crippen molar-refractivity contribution in [2.45, 2.75) is 6.42 Å². The highest BCUT2D eigenvalue weighted by Gasteiger charge is 2.08. The van der Waals surface area contributed by atoms with Gasteiger partial charge in [-0.1, -0.05) is 0 Å². The molecule has 6 heteroatoms. The van der Waals surface area contributed by atoms with Crippen molar-refractivity contribution in [1.29, 1.82) is 0 Å². The number of nitrogens with one attached hydrogen (secondary N) is 2. The maximum absolute atomic E-state index is 11.0. The van der Waals surface area contributed by atoms with E-state index in [9.17, 15) is 4.79 Å². The zero-order valence-corrected chi connectivity index (χ0v) is 9.82. The van der Waals surface area contributed by atoms with Gasteiger partial charge in [-0.15, -0.1) is 0 Å². The molecular formula is C11H18N4O2. The van der Waals surface area contributed by atoms with Gasteiger partial charge in [0.05, 0.1) is 25.1 Å². The Morgan fingerprint density at radius 2 is 2.29 bits per heavy atom. The van der Waals surface area contributed by atoms with Crippen LogP contribution in [-0.2, 0) is 4.74 Å². The number of nitrogens with zero attached hydrogens (tertiary/aromatic N) is 2. The van der Waals surface area contributed by atoms with E-state index < -0.39 is 0 Å². The average Bonchev–Trinajstić information content (AvgIpc) is 2.36. The summed E-state index contributed by atoms with van der Waals surface area (Å²) in [6.07, 6.45) is 2.67. The second-order valence-corrected chi connectivity index (χ2v) is 4.07. The van der Waals surface area contributed by atoms with E-state index in [-0.39, 0.29) is 5.56 Å². The molecule has 1 aliphatic rings. The molecule has 0 amide bonds. The van der Waals surface area contributed by atoms with E-state index in [0.29, 0.717) is 0 Å². The highest BCUT2D eigenvalue weighted by molar-refractivity contribution is 5.38. The van der Waals surface area contributed by atoms with Gasteiger partial charge in [-0.05, 0) is 13.0 Å². The van der Waals surface area contributed by atoms with Crippen molar-refractivity contribution in [3.05, 3.63) is 22.6 Å². The van der Waals surface area contributed by atoms with Crippen LogP contribution in [0.15, 0.2) is 17.1 Å². The number of hydrogen-bond donors (Lipinski definition) is 2. The molecule has 0 bridgehead atoms. The Morgan fingerprint density at radius 1 is 1.47 bits per heavy atom. The Bertz CT molecular complexity index is 387. The monoisotopic (exact) mass is 238 g/mol. The first-order valence-corrected chi connectivity index (χ1v) is 5.93. The molecule has 1 saturated heterocycles. The summed E-state index contributed by atoms with van der Waals surface area (Å²) in [5.41, 5.74) is 0.596. The number of anilines is 1. The van der Waals surface area contributed by atoms with Crippen molar-refractivity contribution in [2.75, 3.05) is 44.7 Å². The summed E-state index contributed by atoms with van der Waals surface area (Å²) in [5, 5.41) is 9.26. The van der Waals surface area contributed by atoms with Crippen LogP contribution in [0.4, 0.5) is 5.69 Å². The number of H-pyrrole nitrogens is 1. The lowest BCUT2D eigenvalue weighted by Crippen LogP contribution is -2.37. The SMILES string of the molecule is O=c1cc(NCCCN2CCOCC2)cn[nH]1. The van der Waals surface area contributed by atoms with Crippen molar-refractivity contribution >= 4 is 5.69 Å². The molecule has 1 aromatic rings. The zero-order valence-electron chi connectivity index (χ0n) is 9.82. The standard InChI is InChI=1S/C11H18N4O2/c16-11-8-10(9-13-14-11)12-2-1-3-15-4-6-17-7-5-15/h8-9H,1-7H2,(H2,12,14,16). The van der Waals surface area contributed by atoms with E-state index in [1.165, 1.54) is 6.07 Å². The zero-order chi connectivity index (χ0) is 11.9. The molecule has 0 aliphatic carbocycles. The van der Waals surface area contributed by atoms with Crippen molar-refractivity contribution in [1.82, 2.24) is 15.1 Å². The molecule has 2 heterocycles. The lowest BCUT2D eigenvalue weighted by molar-refractivity contribution is 0.0378. The summed E-state index contributed by atoms with van der Waals surface area (Å²) in [6.45, 7) is 5.63. The van der Waals surface area contributed by atoms with E-state index in [4.69, 9.17) is 4.74 Å². The van der Waals surface area contributed by atoms with Crippen LogP contribution >= 0.6 is 0 Å². The Hall–Kier alpha value is -1.40. The molecule has 0 radical (unpaired) electrons. The Labute approximate surface area is 100.0 Å². The van der Waals surface area contributed by atoms with Crippen molar-refractivity contribution < 1.29 is 4.74 Å². The van der Waals surface area contributed by atoms with E-state index >= 15 is 0 Å². The summed E-state index contributed by atoms with van der Waals surface area (Å²) < 4.78 is 5.28. The largest absolute Gasteiger partial charge is 0.384 e. The smallest absolute Gasteiger partial charge is 0.266 e. The van der Waals surface area contributed by atoms with Gasteiger partial charge >= 0.3 is 0 Å². The summed E-state index contributed by atoms with van der Waals surface area (Å²) in [5.74, 6) is 0. The van der Waals surface area contributed by atoms with Crippen molar-refractivity contribution in [2.24, 2.45) is 0 Å². The molecule has 0 atom stereocenters. The molecule has 1 fully saturated rings. The first-order valence-electron chi connectivity index (χ1n) is 5.93. The quantitative estimate of drug-likeness (QED) is 0.701. The number of ether oxygens (including phenoxy) is 1. The molecule has 2 N–H and O–H groups in total. The van der Waals surface area contributed by atoms with Gasteiger partial charge in [0.1, 0.15) is 0 Å². The summed E-state index contributed by atoms with van der Waals surface area (Å²) >= 11 is 0. The minimum absolute atomic E-state index is 0.178. The normalized spacial score (nSPS) is 16.9. The molecule has 6 nitrogen and oxygen atoms in total. The van der Waals surface area contributed by atoms with Crippen molar-refractivity contribution in [3.8, 4) is 0 Å². The topological polar surface area (TPSA) is 70.2 Å². The van der Waals surface area contributed by atoms with Crippen LogP contribution in [0.5, 0.6) is 0 Å². The van der Waals surface area contributed by atoms with Gasteiger partial charge in [0.15, 0.2) is 0 Å². The molecule has 2 rings (SSSR count). The van der Waals surface area contributed by atoms with Crippen molar-refractivity contribution in [3.63, 3.8) is 0 Å². The predicted molar refractivity (Wildman–Crippen MR) is 65.2 cm³/mol. The van der Waals surface area contributed by atoms with Crippen LogP contribution in [-0.4, -0.2) is 54.5 Å². The fraction of sp³-hybridized carbons (Fsp3) is 0.636. The summed E-state index contributed by atoms with van der Waals surface area (Å²) in [7, 11) is 0. The van der Waals surface area contributed by atoms with Gasteiger partial charge < -0.3 is 10.1 Å². The van der Waals surface area contributed by atoms with Gasteiger partial charge in [-0.2, -0.15) is 5.10 Å². The maximum Gasteiger partial charge on any atom is 0.266 e. The van der Waals surface area contributed by atoms with Gasteiger partial charge in [-0.3, -0.25) is 9.69 Å². The molecule has 17 heavy (non-hydrogen) atoms. The van der Waals surface area contributed by atoms with Gasteiger partial charge in [0, 0.05) is 25.7 Å². The number of hydrogen-bond acceptors (Lipinski definition) is 5. The number of morpholine rings is 1. The lowest BCUT2D eigenvalue weighted by Gasteiger charge is -2.26. The lowest BCUT2D eigenvalue weighted by atomic mass is 10.3. The van der Waals surface area contributed by atoms with Gasteiger partial charge in [0.2, 0.25) is 0 Å². The van der Waals surface area contributed by atoms with Crippen LogP contribution in [0.2, 0.25) is 0 Å². The second kappa shape index (κ2) is 6.36. The number of aromatic amines is 1. The number of rotatable bonds is 5. The second-order valence-electron chi connectivity index (χ2n) is 4.07. The van der Waals surface area contributed by atoms with Crippen LogP contribution in [0.25, 0.3) is 0 Å². The average molecular weight is 238 g/mol. The van der Waals surface area contributed by atoms with E-state index in [1.54, 1.807) is 6.20 Å².